The summed E-state index contributed by atoms with van der Waals surface area (Å²) in [6.07, 6.45) is -0.0474. The Labute approximate surface area is 154 Å². The molecule has 2 heterocycles. The largest absolute Gasteiger partial charge is 0.488 e. The Morgan fingerprint density at radius 1 is 1.15 bits per heavy atom. The van der Waals surface area contributed by atoms with Crippen LogP contribution in [0.5, 0.6) is 5.75 Å². The van der Waals surface area contributed by atoms with Crippen molar-refractivity contribution in [3.05, 3.63) is 47.5 Å². The van der Waals surface area contributed by atoms with E-state index in [9.17, 15) is 17.6 Å². The van der Waals surface area contributed by atoms with E-state index < -0.39 is 17.6 Å². The van der Waals surface area contributed by atoms with Gasteiger partial charge < -0.3 is 15.4 Å². The van der Waals surface area contributed by atoms with Gasteiger partial charge in [-0.3, -0.25) is 0 Å². The number of fused-ring (bicyclic) bond motifs is 1. The molecule has 2 N–H and O–H groups in total. The van der Waals surface area contributed by atoms with E-state index in [1.807, 2.05) is 0 Å². The fraction of sp³-hybridized carbons (Fsp3) is 0.444. The molecule has 1 aliphatic rings. The van der Waals surface area contributed by atoms with Gasteiger partial charge in [0.05, 0.1) is 0 Å². The third-order valence-electron chi connectivity index (χ3n) is 4.21. The fourth-order valence-electron chi connectivity index (χ4n) is 2.94. The molecule has 0 aliphatic carbocycles. The standard InChI is InChI=1S/C18H20F4N4O/c19-13-9-12-3-4-14(27-16(12)15(10-13)18(20,21)22)11-23-5-1-6-24-17-25-7-2-8-26-17/h2,7-10,14,23H,1,3-6,11H2,(H,24,25,26). The first-order valence-electron chi connectivity index (χ1n) is 8.71. The molecule has 0 saturated heterocycles. The first-order valence-corrected chi connectivity index (χ1v) is 8.71. The number of anilines is 1. The summed E-state index contributed by atoms with van der Waals surface area (Å²) in [5.41, 5.74) is -0.778. The number of rotatable bonds is 7. The molecule has 2 aromatic rings. The lowest BCUT2D eigenvalue weighted by Gasteiger charge is -2.28. The summed E-state index contributed by atoms with van der Waals surface area (Å²) in [5.74, 6) is -0.586. The SMILES string of the molecule is Fc1cc2c(c(C(F)(F)F)c1)OC(CNCCCNc1ncccn1)CC2. The Hall–Kier alpha value is -2.42. The van der Waals surface area contributed by atoms with E-state index >= 15 is 0 Å². The molecule has 0 saturated carbocycles. The van der Waals surface area contributed by atoms with E-state index in [4.69, 9.17) is 4.74 Å². The van der Waals surface area contributed by atoms with Gasteiger partial charge in [0, 0.05) is 25.5 Å². The monoisotopic (exact) mass is 384 g/mol. The lowest BCUT2D eigenvalue weighted by molar-refractivity contribution is -0.139. The third kappa shape index (κ3) is 5.29. The number of aryl methyl sites for hydroxylation is 1. The van der Waals surface area contributed by atoms with Gasteiger partial charge in [-0.25, -0.2) is 14.4 Å². The predicted molar refractivity (Wildman–Crippen MR) is 92.1 cm³/mol. The van der Waals surface area contributed by atoms with Gasteiger partial charge in [0.2, 0.25) is 5.95 Å². The smallest absolute Gasteiger partial charge is 0.420 e. The zero-order valence-corrected chi connectivity index (χ0v) is 14.5. The van der Waals surface area contributed by atoms with Gasteiger partial charge >= 0.3 is 6.18 Å². The quantitative estimate of drug-likeness (QED) is 0.566. The van der Waals surface area contributed by atoms with Crippen molar-refractivity contribution in [2.45, 2.75) is 31.5 Å². The molecule has 0 radical (unpaired) electrons. The topological polar surface area (TPSA) is 59.1 Å². The van der Waals surface area contributed by atoms with Gasteiger partial charge in [-0.2, -0.15) is 13.2 Å². The number of alkyl halides is 3. The molecule has 0 spiro atoms. The summed E-state index contributed by atoms with van der Waals surface area (Å²) in [6.45, 7) is 1.76. The highest BCUT2D eigenvalue weighted by Crippen LogP contribution is 2.41. The molecule has 27 heavy (non-hydrogen) atoms. The minimum absolute atomic E-state index is 0.246. The van der Waals surface area contributed by atoms with E-state index in [-0.39, 0.29) is 17.4 Å². The van der Waals surface area contributed by atoms with Crippen molar-refractivity contribution in [2.24, 2.45) is 0 Å². The van der Waals surface area contributed by atoms with Crippen LogP contribution in [-0.4, -0.2) is 35.7 Å². The highest BCUT2D eigenvalue weighted by molar-refractivity contribution is 5.45. The predicted octanol–water partition coefficient (Wildman–Crippen LogP) is 3.42. The van der Waals surface area contributed by atoms with Crippen LogP contribution < -0.4 is 15.4 Å². The van der Waals surface area contributed by atoms with Crippen molar-refractivity contribution in [2.75, 3.05) is 25.0 Å². The summed E-state index contributed by atoms with van der Waals surface area (Å²) in [5, 5.41) is 6.25. The molecule has 0 bridgehead atoms. The summed E-state index contributed by atoms with van der Waals surface area (Å²) in [6, 6.07) is 3.34. The Morgan fingerprint density at radius 2 is 1.93 bits per heavy atom. The number of benzene rings is 1. The minimum atomic E-state index is -4.65. The van der Waals surface area contributed by atoms with Crippen LogP contribution in [0.2, 0.25) is 0 Å². The molecule has 1 aromatic carbocycles. The molecule has 1 atom stereocenters. The average molecular weight is 384 g/mol. The van der Waals surface area contributed by atoms with Crippen LogP contribution in [0, 0.1) is 5.82 Å². The maximum atomic E-state index is 13.4. The Bertz CT molecular complexity index is 755. The lowest BCUT2D eigenvalue weighted by Crippen LogP contribution is -2.35. The molecule has 1 unspecified atom stereocenters. The highest BCUT2D eigenvalue weighted by atomic mass is 19.4. The number of nitrogens with one attached hydrogen (secondary N) is 2. The van der Waals surface area contributed by atoms with Crippen molar-refractivity contribution in [3.8, 4) is 5.75 Å². The number of hydrogen-bond acceptors (Lipinski definition) is 5. The van der Waals surface area contributed by atoms with Crippen molar-refractivity contribution in [3.63, 3.8) is 0 Å². The molecule has 9 heteroatoms. The van der Waals surface area contributed by atoms with Crippen LogP contribution in [0.3, 0.4) is 0 Å². The lowest BCUT2D eigenvalue weighted by atomic mass is 9.98. The number of halogens is 4. The molecular formula is C18H20F4N4O. The first kappa shape index (κ1) is 19.3. The molecular weight excluding hydrogens is 364 g/mol. The number of hydrogen-bond donors (Lipinski definition) is 2. The second-order valence-corrected chi connectivity index (χ2v) is 6.27. The molecule has 3 rings (SSSR count). The number of nitrogens with zero attached hydrogens (tertiary/aromatic N) is 2. The molecule has 146 valence electrons. The molecule has 5 nitrogen and oxygen atoms in total. The van der Waals surface area contributed by atoms with Crippen molar-refractivity contribution < 1.29 is 22.3 Å². The summed E-state index contributed by atoms with van der Waals surface area (Å²) in [4.78, 5) is 8.09. The zero-order chi connectivity index (χ0) is 19.3. The molecule has 0 amide bonds. The first-order chi connectivity index (χ1) is 12.9. The van der Waals surface area contributed by atoms with Gasteiger partial charge in [-0.05, 0) is 49.6 Å². The second-order valence-electron chi connectivity index (χ2n) is 6.27. The number of ether oxygens (including phenoxy) is 1. The van der Waals surface area contributed by atoms with Gasteiger partial charge in [0.15, 0.2) is 0 Å². The van der Waals surface area contributed by atoms with E-state index in [1.165, 1.54) is 0 Å². The van der Waals surface area contributed by atoms with Crippen LogP contribution in [0.1, 0.15) is 24.0 Å². The highest BCUT2D eigenvalue weighted by Gasteiger charge is 2.38. The maximum Gasteiger partial charge on any atom is 0.420 e. The van der Waals surface area contributed by atoms with Crippen molar-refractivity contribution in [1.29, 1.82) is 0 Å². The second kappa shape index (κ2) is 8.51. The normalized spacial score (nSPS) is 16.5. The molecule has 1 aromatic heterocycles. The summed E-state index contributed by atoms with van der Waals surface area (Å²) < 4.78 is 58.4. The van der Waals surface area contributed by atoms with E-state index in [2.05, 4.69) is 20.6 Å². The Kier molecular flexibility index (Phi) is 6.10. The van der Waals surface area contributed by atoms with E-state index in [1.54, 1.807) is 18.5 Å². The van der Waals surface area contributed by atoms with Crippen molar-refractivity contribution in [1.82, 2.24) is 15.3 Å². The number of aromatic nitrogens is 2. The van der Waals surface area contributed by atoms with Gasteiger partial charge in [0.25, 0.3) is 0 Å². The van der Waals surface area contributed by atoms with Gasteiger partial charge in [-0.15, -0.1) is 0 Å². The maximum absolute atomic E-state index is 13.4. The average Bonchev–Trinajstić information content (AvgIpc) is 2.64. The zero-order valence-electron chi connectivity index (χ0n) is 14.5. The Balaban J connectivity index is 1.46. The third-order valence-corrected chi connectivity index (χ3v) is 4.21. The van der Waals surface area contributed by atoms with Crippen LogP contribution in [0.25, 0.3) is 0 Å². The van der Waals surface area contributed by atoms with E-state index in [0.29, 0.717) is 44.5 Å². The van der Waals surface area contributed by atoms with Gasteiger partial charge in [0.1, 0.15) is 23.2 Å². The minimum Gasteiger partial charge on any atom is -0.488 e. The van der Waals surface area contributed by atoms with Crippen LogP contribution in [0.4, 0.5) is 23.5 Å². The van der Waals surface area contributed by atoms with Crippen LogP contribution in [0.15, 0.2) is 30.6 Å². The van der Waals surface area contributed by atoms with E-state index in [0.717, 1.165) is 12.5 Å². The Morgan fingerprint density at radius 3 is 2.67 bits per heavy atom. The van der Waals surface area contributed by atoms with Crippen LogP contribution >= 0.6 is 0 Å². The fourth-order valence-corrected chi connectivity index (χ4v) is 2.94. The summed E-state index contributed by atoms with van der Waals surface area (Å²) >= 11 is 0. The van der Waals surface area contributed by atoms with Gasteiger partial charge in [-0.1, -0.05) is 0 Å². The van der Waals surface area contributed by atoms with Crippen LogP contribution in [-0.2, 0) is 12.6 Å². The molecule has 0 fully saturated rings. The summed E-state index contributed by atoms with van der Waals surface area (Å²) in [7, 11) is 0. The van der Waals surface area contributed by atoms with Crippen molar-refractivity contribution >= 4 is 5.95 Å². The molecule has 1 aliphatic heterocycles.